The van der Waals surface area contributed by atoms with Crippen molar-refractivity contribution in [2.45, 2.75) is 13.5 Å². The van der Waals surface area contributed by atoms with Gasteiger partial charge in [-0.25, -0.2) is 9.37 Å². The third-order valence-corrected chi connectivity index (χ3v) is 2.83. The lowest BCUT2D eigenvalue weighted by atomic mass is 10.3. The zero-order chi connectivity index (χ0) is 14.1. The first-order chi connectivity index (χ1) is 9.63. The van der Waals surface area contributed by atoms with E-state index in [1.807, 2.05) is 0 Å². The summed E-state index contributed by atoms with van der Waals surface area (Å²) < 4.78 is 14.7. The number of hydrogen-bond acceptors (Lipinski definition) is 4. The Balaban J connectivity index is 1.87. The molecule has 2 aromatic heterocycles. The molecular formula is C13H12FN5O. The summed E-state index contributed by atoms with van der Waals surface area (Å²) in [6.45, 7) is 2.00. The summed E-state index contributed by atoms with van der Waals surface area (Å²) >= 11 is 0. The Kier molecular flexibility index (Phi) is 2.94. The van der Waals surface area contributed by atoms with Gasteiger partial charge >= 0.3 is 0 Å². The molecule has 0 aliphatic carbocycles. The van der Waals surface area contributed by atoms with Crippen LogP contribution in [0.15, 0.2) is 35.1 Å². The summed E-state index contributed by atoms with van der Waals surface area (Å²) in [5.74, 6) is 0.471. The topological polar surface area (TPSA) is 75.1 Å². The predicted octanol–water partition coefficient (Wildman–Crippen LogP) is 1.48. The molecule has 20 heavy (non-hydrogen) atoms. The molecule has 1 aromatic carbocycles. The fraction of sp³-hybridized carbons (Fsp3) is 0.154. The number of nitrogens with zero attached hydrogens (tertiary/aromatic N) is 3. The van der Waals surface area contributed by atoms with E-state index in [2.05, 4.69) is 20.4 Å². The first kappa shape index (κ1) is 12.3. The van der Waals surface area contributed by atoms with E-state index >= 15 is 0 Å². The van der Waals surface area contributed by atoms with Crippen LogP contribution >= 0.6 is 0 Å². The van der Waals surface area contributed by atoms with Gasteiger partial charge in [-0.15, -0.1) is 0 Å². The quantitative estimate of drug-likeness (QED) is 0.758. The van der Waals surface area contributed by atoms with Crippen LogP contribution in [0.1, 0.15) is 11.5 Å². The van der Waals surface area contributed by atoms with Crippen LogP contribution in [-0.2, 0) is 6.54 Å². The second-order valence-corrected chi connectivity index (χ2v) is 4.37. The minimum atomic E-state index is -0.338. The van der Waals surface area contributed by atoms with E-state index in [0.29, 0.717) is 23.0 Å². The third-order valence-electron chi connectivity index (χ3n) is 2.83. The Morgan fingerprint density at radius 3 is 2.95 bits per heavy atom. The van der Waals surface area contributed by atoms with E-state index in [9.17, 15) is 9.18 Å². The molecule has 2 heterocycles. The van der Waals surface area contributed by atoms with Crippen LogP contribution in [0.2, 0.25) is 0 Å². The van der Waals surface area contributed by atoms with Gasteiger partial charge in [0, 0.05) is 11.8 Å². The first-order valence-corrected chi connectivity index (χ1v) is 6.07. The summed E-state index contributed by atoms with van der Waals surface area (Å²) in [5, 5.41) is 5.74. The van der Waals surface area contributed by atoms with Gasteiger partial charge in [-0.3, -0.25) is 9.89 Å². The van der Waals surface area contributed by atoms with Crippen molar-refractivity contribution < 1.29 is 4.39 Å². The van der Waals surface area contributed by atoms with Gasteiger partial charge in [0.2, 0.25) is 0 Å². The summed E-state index contributed by atoms with van der Waals surface area (Å²) in [5.41, 5.74) is 0.761. The molecule has 102 valence electrons. The number of halogens is 1. The average molecular weight is 273 g/mol. The van der Waals surface area contributed by atoms with Gasteiger partial charge in [0.1, 0.15) is 11.6 Å². The lowest BCUT2D eigenvalue weighted by Gasteiger charge is -2.04. The number of aromatic amines is 1. The summed E-state index contributed by atoms with van der Waals surface area (Å²) in [6, 6.07) is 7.77. The molecule has 0 amide bonds. The van der Waals surface area contributed by atoms with Gasteiger partial charge in [-0.05, 0) is 19.1 Å². The Hall–Kier alpha value is -2.70. The number of para-hydroxylation sites is 1. The molecule has 3 aromatic rings. The van der Waals surface area contributed by atoms with Crippen LogP contribution in [0.4, 0.5) is 10.1 Å². The Morgan fingerprint density at radius 1 is 1.35 bits per heavy atom. The lowest BCUT2D eigenvalue weighted by molar-refractivity contribution is 0.629. The van der Waals surface area contributed by atoms with E-state index in [4.69, 9.17) is 0 Å². The number of hydrogen-bond donors (Lipinski definition) is 2. The van der Waals surface area contributed by atoms with Crippen molar-refractivity contribution in [1.29, 1.82) is 0 Å². The second-order valence-electron chi connectivity index (χ2n) is 4.37. The summed E-state index contributed by atoms with van der Waals surface area (Å²) in [7, 11) is 0. The molecule has 0 bridgehead atoms. The standard InChI is InChI=1S/C13H12FN5O/c1-8-6-12(20)19-13(16-8)17-11(18-19)7-15-10-5-3-2-4-9(10)14/h2-6,15H,7H2,1H3,(H,16,17,18). The highest BCUT2D eigenvalue weighted by Gasteiger charge is 2.07. The van der Waals surface area contributed by atoms with Crippen molar-refractivity contribution in [3.8, 4) is 0 Å². The maximum Gasteiger partial charge on any atom is 0.274 e. The Labute approximate surface area is 113 Å². The average Bonchev–Trinajstić information content (AvgIpc) is 2.81. The summed E-state index contributed by atoms with van der Waals surface area (Å²) in [6.07, 6.45) is 0. The van der Waals surface area contributed by atoms with Crippen LogP contribution in [0.25, 0.3) is 5.78 Å². The normalized spacial score (nSPS) is 10.9. The van der Waals surface area contributed by atoms with Gasteiger partial charge in [0.15, 0.2) is 0 Å². The van der Waals surface area contributed by atoms with E-state index in [-0.39, 0.29) is 17.9 Å². The van der Waals surface area contributed by atoms with Crippen LogP contribution in [0.3, 0.4) is 0 Å². The number of rotatable bonds is 3. The number of anilines is 1. The zero-order valence-electron chi connectivity index (χ0n) is 10.7. The van der Waals surface area contributed by atoms with Crippen LogP contribution in [0, 0.1) is 12.7 Å². The molecule has 0 atom stereocenters. The smallest absolute Gasteiger partial charge is 0.274 e. The highest BCUT2D eigenvalue weighted by molar-refractivity contribution is 5.44. The molecule has 0 fully saturated rings. The molecule has 0 saturated heterocycles. The van der Waals surface area contributed by atoms with Crippen molar-refractivity contribution in [2.75, 3.05) is 5.32 Å². The van der Waals surface area contributed by atoms with E-state index in [0.717, 1.165) is 0 Å². The van der Waals surface area contributed by atoms with Crippen molar-refractivity contribution in [2.24, 2.45) is 0 Å². The number of nitrogens with one attached hydrogen (secondary N) is 2. The number of aryl methyl sites for hydroxylation is 1. The van der Waals surface area contributed by atoms with Crippen molar-refractivity contribution >= 4 is 11.5 Å². The highest BCUT2D eigenvalue weighted by atomic mass is 19.1. The van der Waals surface area contributed by atoms with Gasteiger partial charge in [-0.1, -0.05) is 12.1 Å². The molecule has 3 rings (SSSR count). The number of H-pyrrole nitrogens is 1. The maximum absolute atomic E-state index is 13.5. The Morgan fingerprint density at radius 2 is 2.15 bits per heavy atom. The van der Waals surface area contributed by atoms with E-state index < -0.39 is 0 Å². The van der Waals surface area contributed by atoms with Crippen molar-refractivity contribution in [1.82, 2.24) is 19.6 Å². The largest absolute Gasteiger partial charge is 0.375 e. The van der Waals surface area contributed by atoms with Crippen molar-refractivity contribution in [3.05, 3.63) is 58.0 Å². The SMILES string of the molecule is Cc1cc(=O)n2[nH]c(CNc3ccccc3F)nc2n1. The number of benzene rings is 1. The lowest BCUT2D eigenvalue weighted by Crippen LogP contribution is -2.14. The van der Waals surface area contributed by atoms with Gasteiger partial charge in [0.25, 0.3) is 11.3 Å². The molecule has 6 nitrogen and oxygen atoms in total. The molecule has 0 spiro atoms. The van der Waals surface area contributed by atoms with E-state index in [1.54, 1.807) is 25.1 Å². The predicted molar refractivity (Wildman–Crippen MR) is 72.1 cm³/mol. The maximum atomic E-state index is 13.5. The van der Waals surface area contributed by atoms with Crippen LogP contribution < -0.4 is 10.9 Å². The monoisotopic (exact) mass is 273 g/mol. The van der Waals surface area contributed by atoms with Crippen LogP contribution in [0.5, 0.6) is 0 Å². The van der Waals surface area contributed by atoms with Crippen molar-refractivity contribution in [3.63, 3.8) is 0 Å². The fourth-order valence-corrected chi connectivity index (χ4v) is 1.90. The molecule has 0 aliphatic rings. The molecule has 0 unspecified atom stereocenters. The summed E-state index contributed by atoms with van der Waals surface area (Å²) in [4.78, 5) is 20.1. The minimum Gasteiger partial charge on any atom is -0.375 e. The molecule has 0 saturated carbocycles. The highest BCUT2D eigenvalue weighted by Crippen LogP contribution is 2.13. The molecular weight excluding hydrogens is 261 g/mol. The van der Waals surface area contributed by atoms with Crippen LogP contribution in [-0.4, -0.2) is 19.6 Å². The molecule has 7 heteroatoms. The first-order valence-electron chi connectivity index (χ1n) is 6.07. The molecule has 2 N–H and O–H groups in total. The van der Waals surface area contributed by atoms with Gasteiger partial charge in [-0.2, -0.15) is 9.50 Å². The second kappa shape index (κ2) is 4.76. The fourth-order valence-electron chi connectivity index (χ4n) is 1.90. The van der Waals surface area contributed by atoms with E-state index in [1.165, 1.54) is 16.6 Å². The number of fused-ring (bicyclic) bond motifs is 1. The van der Waals surface area contributed by atoms with Gasteiger partial charge < -0.3 is 5.32 Å². The zero-order valence-corrected chi connectivity index (χ0v) is 10.7. The Bertz CT molecular complexity index is 823. The third kappa shape index (κ3) is 2.25. The molecule has 0 aliphatic heterocycles. The van der Waals surface area contributed by atoms with Gasteiger partial charge in [0.05, 0.1) is 12.2 Å². The number of aromatic nitrogens is 4. The molecule has 0 radical (unpaired) electrons. The minimum absolute atomic E-state index is 0.225.